The molecule has 0 aliphatic carbocycles. The van der Waals surface area contributed by atoms with Crippen LogP contribution in [0.4, 0.5) is 11.4 Å². The molecule has 1 saturated heterocycles. The number of nitrogens with one attached hydrogen (secondary N) is 1. The Labute approximate surface area is 116 Å². The predicted octanol–water partition coefficient (Wildman–Crippen LogP) is 2.29. The number of piperidine rings is 1. The third-order valence-electron chi connectivity index (χ3n) is 3.92. The SMILES string of the molecule is CCNc1cncc(N(C)CC2CCN(C)CC2)c1. The minimum atomic E-state index is 0.809. The fourth-order valence-electron chi connectivity index (χ4n) is 2.67. The van der Waals surface area contributed by atoms with E-state index < -0.39 is 0 Å². The second-order valence-electron chi connectivity index (χ2n) is 5.59. The number of rotatable bonds is 5. The maximum absolute atomic E-state index is 4.32. The molecule has 1 fully saturated rings. The van der Waals surface area contributed by atoms with Crippen molar-refractivity contribution in [3.05, 3.63) is 18.5 Å². The van der Waals surface area contributed by atoms with Crippen LogP contribution in [0.15, 0.2) is 18.5 Å². The van der Waals surface area contributed by atoms with Crippen LogP contribution in [0.25, 0.3) is 0 Å². The Morgan fingerprint density at radius 2 is 2.11 bits per heavy atom. The highest BCUT2D eigenvalue weighted by Gasteiger charge is 2.18. The molecule has 2 heterocycles. The summed E-state index contributed by atoms with van der Waals surface area (Å²) in [5.41, 5.74) is 2.31. The van der Waals surface area contributed by atoms with E-state index in [2.05, 4.69) is 47.2 Å². The van der Waals surface area contributed by atoms with E-state index in [1.165, 1.54) is 31.6 Å². The van der Waals surface area contributed by atoms with Crippen molar-refractivity contribution in [1.82, 2.24) is 9.88 Å². The van der Waals surface area contributed by atoms with Gasteiger partial charge in [-0.2, -0.15) is 0 Å². The van der Waals surface area contributed by atoms with Crippen LogP contribution in [0.1, 0.15) is 19.8 Å². The van der Waals surface area contributed by atoms with Crippen molar-refractivity contribution in [2.45, 2.75) is 19.8 Å². The zero-order valence-corrected chi connectivity index (χ0v) is 12.4. The van der Waals surface area contributed by atoms with E-state index in [1.54, 1.807) is 0 Å². The first-order valence-corrected chi connectivity index (χ1v) is 7.27. The average Bonchev–Trinajstić information content (AvgIpc) is 2.42. The summed E-state index contributed by atoms with van der Waals surface area (Å²) in [6.07, 6.45) is 6.45. The van der Waals surface area contributed by atoms with Crippen molar-refractivity contribution in [2.24, 2.45) is 5.92 Å². The number of hydrogen-bond acceptors (Lipinski definition) is 4. The lowest BCUT2D eigenvalue weighted by atomic mass is 9.96. The van der Waals surface area contributed by atoms with E-state index in [4.69, 9.17) is 0 Å². The van der Waals surface area contributed by atoms with Gasteiger partial charge in [0.25, 0.3) is 0 Å². The van der Waals surface area contributed by atoms with E-state index in [0.717, 1.165) is 24.7 Å². The molecule has 1 aliphatic heterocycles. The van der Waals surface area contributed by atoms with Gasteiger partial charge in [-0.3, -0.25) is 4.98 Å². The highest BCUT2D eigenvalue weighted by atomic mass is 15.1. The third-order valence-corrected chi connectivity index (χ3v) is 3.92. The van der Waals surface area contributed by atoms with Crippen LogP contribution in [-0.2, 0) is 0 Å². The lowest BCUT2D eigenvalue weighted by molar-refractivity contribution is 0.222. The van der Waals surface area contributed by atoms with Crippen LogP contribution >= 0.6 is 0 Å². The lowest BCUT2D eigenvalue weighted by Gasteiger charge is -2.32. The molecule has 0 radical (unpaired) electrons. The summed E-state index contributed by atoms with van der Waals surface area (Å²) in [4.78, 5) is 9.07. The first-order valence-electron chi connectivity index (χ1n) is 7.27. The largest absolute Gasteiger partial charge is 0.384 e. The molecule has 0 amide bonds. The summed E-state index contributed by atoms with van der Waals surface area (Å²) in [7, 11) is 4.38. The van der Waals surface area contributed by atoms with E-state index >= 15 is 0 Å². The number of pyridine rings is 1. The molecule has 0 spiro atoms. The smallest absolute Gasteiger partial charge is 0.0570 e. The highest BCUT2D eigenvalue weighted by Crippen LogP contribution is 2.21. The lowest BCUT2D eigenvalue weighted by Crippen LogP contribution is -2.35. The molecular weight excluding hydrogens is 236 g/mol. The van der Waals surface area contributed by atoms with Crippen molar-refractivity contribution < 1.29 is 0 Å². The first kappa shape index (κ1) is 14.1. The summed E-state index contributed by atoms with van der Waals surface area (Å²) in [5.74, 6) is 0.809. The number of hydrogen-bond donors (Lipinski definition) is 1. The molecule has 1 aliphatic rings. The number of aromatic nitrogens is 1. The molecule has 0 atom stereocenters. The van der Waals surface area contributed by atoms with Crippen LogP contribution in [-0.4, -0.2) is 50.2 Å². The van der Waals surface area contributed by atoms with Crippen LogP contribution in [0, 0.1) is 5.92 Å². The first-order chi connectivity index (χ1) is 9.19. The maximum atomic E-state index is 4.32. The predicted molar refractivity (Wildman–Crippen MR) is 81.9 cm³/mol. The second kappa shape index (κ2) is 6.75. The van der Waals surface area contributed by atoms with Gasteiger partial charge in [0.05, 0.1) is 23.8 Å². The quantitative estimate of drug-likeness (QED) is 0.882. The number of anilines is 2. The van der Waals surface area contributed by atoms with Crippen LogP contribution in [0.2, 0.25) is 0 Å². The van der Waals surface area contributed by atoms with E-state index in [-0.39, 0.29) is 0 Å². The Morgan fingerprint density at radius 3 is 2.79 bits per heavy atom. The molecule has 0 unspecified atom stereocenters. The molecule has 2 rings (SSSR count). The molecule has 4 nitrogen and oxygen atoms in total. The normalized spacial score (nSPS) is 17.4. The molecule has 1 aromatic heterocycles. The Kier molecular flexibility index (Phi) is 5.02. The topological polar surface area (TPSA) is 31.4 Å². The third kappa shape index (κ3) is 4.10. The Morgan fingerprint density at radius 1 is 1.37 bits per heavy atom. The molecule has 19 heavy (non-hydrogen) atoms. The minimum absolute atomic E-state index is 0.809. The second-order valence-corrected chi connectivity index (χ2v) is 5.59. The van der Waals surface area contributed by atoms with E-state index in [0.29, 0.717) is 0 Å². The summed E-state index contributed by atoms with van der Waals surface area (Å²) >= 11 is 0. The average molecular weight is 262 g/mol. The van der Waals surface area contributed by atoms with Gasteiger partial charge in [0.1, 0.15) is 0 Å². The summed E-state index contributed by atoms with van der Waals surface area (Å²) < 4.78 is 0. The van der Waals surface area contributed by atoms with Gasteiger partial charge in [-0.15, -0.1) is 0 Å². The molecule has 1 aromatic rings. The maximum Gasteiger partial charge on any atom is 0.0570 e. The zero-order chi connectivity index (χ0) is 13.7. The van der Waals surface area contributed by atoms with Gasteiger partial charge in [0.15, 0.2) is 0 Å². The monoisotopic (exact) mass is 262 g/mol. The molecule has 1 N–H and O–H groups in total. The molecule has 0 bridgehead atoms. The van der Waals surface area contributed by atoms with Gasteiger partial charge in [-0.05, 0) is 51.9 Å². The summed E-state index contributed by atoms with van der Waals surface area (Å²) in [5, 5.41) is 3.32. The Hall–Kier alpha value is -1.29. The molecule has 0 saturated carbocycles. The van der Waals surface area contributed by atoms with Crippen LogP contribution in [0.5, 0.6) is 0 Å². The van der Waals surface area contributed by atoms with Gasteiger partial charge >= 0.3 is 0 Å². The standard InChI is InChI=1S/C15H26N4/c1-4-17-14-9-15(11-16-10-14)19(3)12-13-5-7-18(2)8-6-13/h9-11,13,17H,4-8,12H2,1-3H3. The van der Waals surface area contributed by atoms with Gasteiger partial charge in [0.2, 0.25) is 0 Å². The van der Waals surface area contributed by atoms with Gasteiger partial charge in [-0.1, -0.05) is 0 Å². The molecule has 4 heteroatoms. The van der Waals surface area contributed by atoms with Crippen molar-refractivity contribution in [1.29, 1.82) is 0 Å². The van der Waals surface area contributed by atoms with E-state index in [1.807, 2.05) is 12.4 Å². The van der Waals surface area contributed by atoms with Gasteiger partial charge in [0, 0.05) is 20.1 Å². The number of nitrogens with zero attached hydrogens (tertiary/aromatic N) is 3. The van der Waals surface area contributed by atoms with Crippen LogP contribution < -0.4 is 10.2 Å². The molecule has 0 aromatic carbocycles. The minimum Gasteiger partial charge on any atom is -0.384 e. The zero-order valence-electron chi connectivity index (χ0n) is 12.4. The Balaban J connectivity index is 1.91. The molecular formula is C15H26N4. The summed E-state index contributed by atoms with van der Waals surface area (Å²) in [6, 6.07) is 2.19. The molecule has 106 valence electrons. The number of likely N-dealkylation sites (tertiary alicyclic amines) is 1. The van der Waals surface area contributed by atoms with E-state index in [9.17, 15) is 0 Å². The Bertz CT molecular complexity index is 385. The fourth-order valence-corrected chi connectivity index (χ4v) is 2.67. The fraction of sp³-hybridized carbons (Fsp3) is 0.667. The van der Waals surface area contributed by atoms with Crippen molar-refractivity contribution >= 4 is 11.4 Å². The van der Waals surface area contributed by atoms with Gasteiger partial charge in [-0.25, -0.2) is 0 Å². The highest BCUT2D eigenvalue weighted by molar-refractivity contribution is 5.55. The van der Waals surface area contributed by atoms with Crippen molar-refractivity contribution in [3.8, 4) is 0 Å². The van der Waals surface area contributed by atoms with Crippen LogP contribution in [0.3, 0.4) is 0 Å². The van der Waals surface area contributed by atoms with Crippen molar-refractivity contribution in [3.63, 3.8) is 0 Å². The van der Waals surface area contributed by atoms with Gasteiger partial charge < -0.3 is 15.1 Å². The van der Waals surface area contributed by atoms with Crippen molar-refractivity contribution in [2.75, 3.05) is 50.5 Å². The summed E-state index contributed by atoms with van der Waals surface area (Å²) in [6.45, 7) is 6.63.